The van der Waals surface area contributed by atoms with Gasteiger partial charge in [-0.2, -0.15) is 10.4 Å². The fraction of sp³-hybridized carbons (Fsp3) is 0.0909. The highest BCUT2D eigenvalue weighted by molar-refractivity contribution is 6.39. The van der Waals surface area contributed by atoms with Crippen molar-refractivity contribution >= 4 is 34.0 Å². The summed E-state index contributed by atoms with van der Waals surface area (Å²) in [5.74, 6) is -1.68. The van der Waals surface area contributed by atoms with E-state index in [9.17, 15) is 9.59 Å². The third kappa shape index (κ3) is 4.40. The predicted octanol–water partition coefficient (Wildman–Crippen LogP) is 3.38. The second-order valence-corrected chi connectivity index (χ2v) is 6.15. The highest BCUT2D eigenvalue weighted by atomic mass is 16.2. The second kappa shape index (κ2) is 8.60. The number of hydrazone groups is 1. The zero-order chi connectivity index (χ0) is 19.9. The molecule has 0 unspecified atom stereocenters. The molecule has 0 aromatic heterocycles. The lowest BCUT2D eigenvalue weighted by atomic mass is 10.0. The van der Waals surface area contributed by atoms with Crippen molar-refractivity contribution in [3.8, 4) is 6.07 Å². The Labute approximate surface area is 162 Å². The second-order valence-electron chi connectivity index (χ2n) is 6.15. The number of nitrogens with zero attached hydrogens (tertiary/aromatic N) is 2. The molecule has 138 valence electrons. The van der Waals surface area contributed by atoms with Crippen LogP contribution in [-0.2, 0) is 16.0 Å². The Morgan fingerprint density at radius 3 is 2.43 bits per heavy atom. The Balaban J connectivity index is 1.66. The van der Waals surface area contributed by atoms with Crippen LogP contribution in [0.1, 0.15) is 18.1 Å². The standard InChI is InChI=1S/C22H18N4O2/c1-15(19-8-4-6-17-5-2-3-7-20(17)19)25-26-22(28)21(27)24-18-11-9-16(10-12-18)13-14-23/h2-12H,13H2,1H3,(H,24,27)(H,26,28). The number of amides is 2. The first-order valence-electron chi connectivity index (χ1n) is 8.68. The molecule has 0 spiro atoms. The van der Waals surface area contributed by atoms with Crippen LogP contribution in [0.15, 0.2) is 71.8 Å². The summed E-state index contributed by atoms with van der Waals surface area (Å²) in [6, 6.07) is 22.5. The van der Waals surface area contributed by atoms with E-state index in [4.69, 9.17) is 5.26 Å². The van der Waals surface area contributed by atoms with E-state index < -0.39 is 11.8 Å². The molecular weight excluding hydrogens is 352 g/mol. The SMILES string of the molecule is CC(=NNC(=O)C(=O)Nc1ccc(CC#N)cc1)c1cccc2ccccc12. The summed E-state index contributed by atoms with van der Waals surface area (Å²) < 4.78 is 0. The average Bonchev–Trinajstić information content (AvgIpc) is 2.73. The molecule has 6 heteroatoms. The van der Waals surface area contributed by atoms with Crippen molar-refractivity contribution in [3.05, 3.63) is 77.9 Å². The molecule has 0 aliphatic carbocycles. The maximum Gasteiger partial charge on any atom is 0.329 e. The molecule has 6 nitrogen and oxygen atoms in total. The van der Waals surface area contributed by atoms with Crippen LogP contribution in [0.2, 0.25) is 0 Å². The first-order chi connectivity index (χ1) is 13.6. The average molecular weight is 370 g/mol. The summed E-state index contributed by atoms with van der Waals surface area (Å²) in [5, 5.41) is 17.3. The Hall–Kier alpha value is -3.98. The quantitative estimate of drug-likeness (QED) is 0.419. The molecule has 0 fully saturated rings. The molecule has 0 aliphatic rings. The van der Waals surface area contributed by atoms with Crippen molar-refractivity contribution in [3.63, 3.8) is 0 Å². The van der Waals surface area contributed by atoms with Crippen LogP contribution in [0, 0.1) is 11.3 Å². The normalized spacial score (nSPS) is 10.9. The molecule has 0 aliphatic heterocycles. The van der Waals surface area contributed by atoms with Gasteiger partial charge in [-0.3, -0.25) is 9.59 Å². The summed E-state index contributed by atoms with van der Waals surface area (Å²) in [7, 11) is 0. The fourth-order valence-electron chi connectivity index (χ4n) is 2.77. The zero-order valence-electron chi connectivity index (χ0n) is 15.3. The molecule has 0 atom stereocenters. The van der Waals surface area contributed by atoms with Gasteiger partial charge in [0.1, 0.15) is 0 Å². The maximum absolute atomic E-state index is 12.0. The highest BCUT2D eigenvalue weighted by Gasteiger charge is 2.13. The van der Waals surface area contributed by atoms with Crippen molar-refractivity contribution in [2.24, 2.45) is 5.10 Å². The van der Waals surface area contributed by atoms with E-state index >= 15 is 0 Å². The highest BCUT2D eigenvalue weighted by Crippen LogP contribution is 2.19. The summed E-state index contributed by atoms with van der Waals surface area (Å²) in [6.45, 7) is 1.77. The Morgan fingerprint density at radius 2 is 1.68 bits per heavy atom. The van der Waals surface area contributed by atoms with E-state index in [0.29, 0.717) is 11.4 Å². The van der Waals surface area contributed by atoms with Crippen LogP contribution in [0.4, 0.5) is 5.69 Å². The topological polar surface area (TPSA) is 94.3 Å². The Kier molecular flexibility index (Phi) is 5.78. The molecule has 0 saturated heterocycles. The van der Waals surface area contributed by atoms with Crippen LogP contribution in [0.25, 0.3) is 10.8 Å². The molecule has 2 N–H and O–H groups in total. The maximum atomic E-state index is 12.0. The van der Waals surface area contributed by atoms with Crippen molar-refractivity contribution in [2.75, 3.05) is 5.32 Å². The number of benzene rings is 3. The number of nitriles is 1. The van der Waals surface area contributed by atoms with Gasteiger partial charge in [0.2, 0.25) is 0 Å². The molecule has 28 heavy (non-hydrogen) atoms. The number of hydrogen-bond donors (Lipinski definition) is 2. The minimum atomic E-state index is -0.860. The largest absolute Gasteiger partial charge is 0.329 e. The first kappa shape index (κ1) is 18.8. The third-order valence-corrected chi connectivity index (χ3v) is 4.21. The molecular formula is C22H18N4O2. The molecule has 0 heterocycles. The molecule has 0 bridgehead atoms. The van der Waals surface area contributed by atoms with Gasteiger partial charge in [0, 0.05) is 11.3 Å². The smallest absolute Gasteiger partial charge is 0.318 e. The summed E-state index contributed by atoms with van der Waals surface area (Å²) in [6.07, 6.45) is 0.289. The molecule has 3 aromatic rings. The van der Waals surface area contributed by atoms with E-state index in [1.165, 1.54) is 0 Å². The van der Waals surface area contributed by atoms with Gasteiger partial charge in [-0.1, -0.05) is 54.6 Å². The number of carbonyl (C=O) groups is 2. The van der Waals surface area contributed by atoms with Crippen molar-refractivity contribution < 1.29 is 9.59 Å². The van der Waals surface area contributed by atoms with Crippen LogP contribution >= 0.6 is 0 Å². The number of fused-ring (bicyclic) bond motifs is 1. The van der Waals surface area contributed by atoms with Gasteiger partial charge in [0.15, 0.2) is 0 Å². The Bertz CT molecular complexity index is 1090. The fourth-order valence-corrected chi connectivity index (χ4v) is 2.77. The van der Waals surface area contributed by atoms with E-state index in [1.54, 1.807) is 31.2 Å². The molecule has 3 aromatic carbocycles. The number of hydrogen-bond acceptors (Lipinski definition) is 4. The minimum absolute atomic E-state index is 0.289. The molecule has 0 saturated carbocycles. The van der Waals surface area contributed by atoms with E-state index in [2.05, 4.69) is 15.8 Å². The van der Waals surface area contributed by atoms with E-state index in [1.807, 2.05) is 48.5 Å². The number of rotatable bonds is 4. The number of nitrogens with one attached hydrogen (secondary N) is 2. The zero-order valence-corrected chi connectivity index (χ0v) is 15.3. The molecule has 3 rings (SSSR count). The van der Waals surface area contributed by atoms with Crippen molar-refractivity contribution in [1.29, 1.82) is 5.26 Å². The van der Waals surface area contributed by atoms with Crippen molar-refractivity contribution in [1.82, 2.24) is 5.43 Å². The van der Waals surface area contributed by atoms with Crippen LogP contribution < -0.4 is 10.7 Å². The lowest BCUT2D eigenvalue weighted by Gasteiger charge is -2.07. The number of carbonyl (C=O) groups excluding carboxylic acids is 2. The number of anilines is 1. The van der Waals surface area contributed by atoms with Crippen molar-refractivity contribution in [2.45, 2.75) is 13.3 Å². The van der Waals surface area contributed by atoms with Crippen LogP contribution in [-0.4, -0.2) is 17.5 Å². The lowest BCUT2D eigenvalue weighted by molar-refractivity contribution is -0.136. The van der Waals surface area contributed by atoms with Gasteiger partial charge < -0.3 is 5.32 Å². The molecule has 2 amide bonds. The van der Waals surface area contributed by atoms with E-state index in [0.717, 1.165) is 21.9 Å². The first-order valence-corrected chi connectivity index (χ1v) is 8.68. The third-order valence-electron chi connectivity index (χ3n) is 4.21. The lowest BCUT2D eigenvalue weighted by Crippen LogP contribution is -2.32. The summed E-state index contributed by atoms with van der Waals surface area (Å²) >= 11 is 0. The Morgan fingerprint density at radius 1 is 0.964 bits per heavy atom. The predicted molar refractivity (Wildman–Crippen MR) is 109 cm³/mol. The van der Waals surface area contributed by atoms with E-state index in [-0.39, 0.29) is 6.42 Å². The van der Waals surface area contributed by atoms with Gasteiger partial charge in [-0.25, -0.2) is 5.43 Å². The van der Waals surface area contributed by atoms with Gasteiger partial charge in [0.25, 0.3) is 0 Å². The van der Waals surface area contributed by atoms with Crippen LogP contribution in [0.3, 0.4) is 0 Å². The van der Waals surface area contributed by atoms with Gasteiger partial charge in [-0.15, -0.1) is 0 Å². The molecule has 0 radical (unpaired) electrons. The summed E-state index contributed by atoms with van der Waals surface area (Å²) in [4.78, 5) is 24.1. The minimum Gasteiger partial charge on any atom is -0.318 e. The monoisotopic (exact) mass is 370 g/mol. The van der Waals surface area contributed by atoms with Gasteiger partial charge >= 0.3 is 11.8 Å². The summed E-state index contributed by atoms with van der Waals surface area (Å²) in [5.41, 5.74) is 5.07. The van der Waals surface area contributed by atoms with Gasteiger partial charge in [0.05, 0.1) is 18.2 Å². The van der Waals surface area contributed by atoms with Gasteiger partial charge in [-0.05, 0) is 35.4 Å². The van der Waals surface area contributed by atoms with Crippen LogP contribution in [0.5, 0.6) is 0 Å².